The Morgan fingerprint density at radius 3 is 2.14 bits per heavy atom. The summed E-state index contributed by atoms with van der Waals surface area (Å²) in [5.74, 6) is -0.306. The summed E-state index contributed by atoms with van der Waals surface area (Å²) >= 11 is 0. The second-order valence-electron chi connectivity index (χ2n) is 6.56. The van der Waals surface area contributed by atoms with Crippen molar-refractivity contribution in [2.24, 2.45) is 0 Å². The van der Waals surface area contributed by atoms with Crippen LogP contribution in [0.5, 0.6) is 5.75 Å². The molecular weight excluding hydrogens is 269 g/mol. The predicted octanol–water partition coefficient (Wildman–Crippen LogP) is 1.39. The van der Waals surface area contributed by atoms with Crippen LogP contribution in [0.3, 0.4) is 0 Å². The minimum atomic E-state index is -0.552. The highest BCUT2D eigenvalue weighted by atomic mass is 16.7. The van der Waals surface area contributed by atoms with Gasteiger partial charge in [-0.3, -0.25) is 4.79 Å². The minimum absolute atomic E-state index is 0.0473. The maximum Gasteiger partial charge on any atom is 0.494 e. The van der Waals surface area contributed by atoms with Gasteiger partial charge in [-0.15, -0.1) is 0 Å². The van der Waals surface area contributed by atoms with Crippen LogP contribution < -0.4 is 5.46 Å². The van der Waals surface area contributed by atoms with Crippen molar-refractivity contribution in [1.29, 1.82) is 0 Å². The second kappa shape index (κ2) is 5.03. The highest BCUT2D eigenvalue weighted by Crippen LogP contribution is 2.36. The Bertz CT molecular complexity index is 553. The quantitative estimate of drug-likeness (QED) is 0.837. The average molecular weight is 291 g/mol. The van der Waals surface area contributed by atoms with Crippen LogP contribution in [-0.4, -0.2) is 48.3 Å². The molecule has 1 saturated heterocycles. The second-order valence-corrected chi connectivity index (χ2v) is 6.56. The molecule has 0 saturated carbocycles. The van der Waals surface area contributed by atoms with Gasteiger partial charge >= 0.3 is 7.12 Å². The zero-order valence-electron chi connectivity index (χ0n) is 13.4. The molecule has 21 heavy (non-hydrogen) atoms. The monoisotopic (exact) mass is 291 g/mol. The van der Waals surface area contributed by atoms with E-state index >= 15 is 0 Å². The van der Waals surface area contributed by atoms with E-state index in [2.05, 4.69) is 0 Å². The lowest BCUT2D eigenvalue weighted by atomic mass is 9.78. The lowest BCUT2D eigenvalue weighted by molar-refractivity contribution is 0.00578. The molecule has 0 aromatic heterocycles. The van der Waals surface area contributed by atoms with E-state index < -0.39 is 18.3 Å². The van der Waals surface area contributed by atoms with Crippen LogP contribution in [0.1, 0.15) is 38.1 Å². The molecule has 0 spiro atoms. The highest BCUT2D eigenvalue weighted by molar-refractivity contribution is 6.62. The van der Waals surface area contributed by atoms with Crippen molar-refractivity contribution >= 4 is 18.5 Å². The first-order valence-corrected chi connectivity index (χ1v) is 6.95. The van der Waals surface area contributed by atoms with Crippen LogP contribution in [0.4, 0.5) is 0 Å². The van der Waals surface area contributed by atoms with E-state index in [1.165, 1.54) is 11.0 Å². The summed E-state index contributed by atoms with van der Waals surface area (Å²) in [5, 5.41) is 9.87. The molecule has 0 atom stereocenters. The number of carbonyl (C=O) groups is 1. The fourth-order valence-electron chi connectivity index (χ4n) is 2.09. The number of hydrogen-bond acceptors (Lipinski definition) is 4. The number of amides is 1. The van der Waals surface area contributed by atoms with E-state index in [4.69, 9.17) is 9.31 Å². The van der Waals surface area contributed by atoms with Crippen molar-refractivity contribution in [2.75, 3.05) is 14.1 Å². The molecule has 0 bridgehead atoms. The van der Waals surface area contributed by atoms with Crippen LogP contribution in [0.25, 0.3) is 0 Å². The number of nitrogens with zero attached hydrogens (tertiary/aromatic N) is 1. The normalized spacial score (nSPS) is 19.6. The Balaban J connectivity index is 2.35. The minimum Gasteiger partial charge on any atom is -0.507 e. The number of phenols is 1. The van der Waals surface area contributed by atoms with E-state index in [0.717, 1.165) is 5.46 Å². The van der Waals surface area contributed by atoms with Crippen molar-refractivity contribution in [2.45, 2.75) is 38.9 Å². The Hall–Kier alpha value is -1.53. The van der Waals surface area contributed by atoms with Gasteiger partial charge in [-0.05, 0) is 45.3 Å². The van der Waals surface area contributed by atoms with E-state index in [-0.39, 0.29) is 17.2 Å². The zero-order chi connectivity index (χ0) is 16.0. The summed E-state index contributed by atoms with van der Waals surface area (Å²) in [4.78, 5) is 13.5. The summed E-state index contributed by atoms with van der Waals surface area (Å²) in [6, 6.07) is 4.83. The third-order valence-corrected chi connectivity index (χ3v) is 4.18. The van der Waals surface area contributed by atoms with Crippen LogP contribution in [0.15, 0.2) is 18.2 Å². The first-order valence-electron chi connectivity index (χ1n) is 6.95. The van der Waals surface area contributed by atoms with Gasteiger partial charge in [-0.1, -0.05) is 6.07 Å². The third-order valence-electron chi connectivity index (χ3n) is 4.18. The van der Waals surface area contributed by atoms with Gasteiger partial charge in [0, 0.05) is 14.1 Å². The van der Waals surface area contributed by atoms with Crippen LogP contribution in [-0.2, 0) is 9.31 Å². The Morgan fingerprint density at radius 1 is 1.14 bits per heavy atom. The maximum atomic E-state index is 12.1. The van der Waals surface area contributed by atoms with Gasteiger partial charge in [-0.25, -0.2) is 0 Å². The lowest BCUT2D eigenvalue weighted by Crippen LogP contribution is -2.41. The van der Waals surface area contributed by atoms with E-state index in [1.807, 2.05) is 27.7 Å². The number of rotatable bonds is 2. The Kier molecular flexibility index (Phi) is 3.80. The molecule has 114 valence electrons. The summed E-state index contributed by atoms with van der Waals surface area (Å²) in [5.41, 5.74) is 0.0755. The number of benzene rings is 1. The lowest BCUT2D eigenvalue weighted by Gasteiger charge is -2.32. The van der Waals surface area contributed by atoms with Gasteiger partial charge in [0.05, 0.1) is 16.8 Å². The highest BCUT2D eigenvalue weighted by Gasteiger charge is 2.51. The van der Waals surface area contributed by atoms with Crippen molar-refractivity contribution in [3.63, 3.8) is 0 Å². The largest absolute Gasteiger partial charge is 0.507 e. The zero-order valence-corrected chi connectivity index (χ0v) is 13.4. The molecule has 5 nitrogen and oxygen atoms in total. The van der Waals surface area contributed by atoms with Gasteiger partial charge in [0.2, 0.25) is 0 Å². The molecule has 6 heteroatoms. The molecule has 1 fully saturated rings. The van der Waals surface area contributed by atoms with Crippen molar-refractivity contribution in [3.05, 3.63) is 23.8 Å². The summed E-state index contributed by atoms with van der Waals surface area (Å²) in [6.07, 6.45) is 0. The van der Waals surface area contributed by atoms with Crippen LogP contribution >= 0.6 is 0 Å². The molecule has 1 heterocycles. The number of hydrogen-bond donors (Lipinski definition) is 1. The van der Waals surface area contributed by atoms with E-state index in [1.54, 1.807) is 26.2 Å². The molecule has 2 rings (SSSR count). The van der Waals surface area contributed by atoms with Crippen molar-refractivity contribution in [1.82, 2.24) is 4.90 Å². The number of carbonyl (C=O) groups excluding carboxylic acids is 1. The molecule has 1 amide bonds. The molecule has 1 aromatic carbocycles. The fraction of sp³-hybridized carbons (Fsp3) is 0.533. The molecule has 0 radical (unpaired) electrons. The standard InChI is InChI=1S/C15H22BNO4/c1-14(2)15(3,4)21-16(20-14)10-7-8-12(18)11(9-10)13(19)17(5)6/h7-9,18H,1-6H3. The summed E-state index contributed by atoms with van der Waals surface area (Å²) < 4.78 is 11.9. The first-order chi connectivity index (χ1) is 9.55. The first kappa shape index (κ1) is 15.9. The van der Waals surface area contributed by atoms with Gasteiger partial charge in [0.1, 0.15) is 5.75 Å². The van der Waals surface area contributed by atoms with Gasteiger partial charge in [0.25, 0.3) is 5.91 Å². The average Bonchev–Trinajstić information content (AvgIpc) is 2.58. The molecule has 1 aliphatic rings. The number of aromatic hydroxyl groups is 1. The van der Waals surface area contributed by atoms with Gasteiger partial charge in [0.15, 0.2) is 0 Å². The van der Waals surface area contributed by atoms with E-state index in [0.29, 0.717) is 0 Å². The molecule has 0 aliphatic carbocycles. The Labute approximate surface area is 126 Å². The molecule has 1 aromatic rings. The van der Waals surface area contributed by atoms with E-state index in [9.17, 15) is 9.90 Å². The van der Waals surface area contributed by atoms with Crippen LogP contribution in [0.2, 0.25) is 0 Å². The topological polar surface area (TPSA) is 59.0 Å². The van der Waals surface area contributed by atoms with Gasteiger partial charge < -0.3 is 19.3 Å². The number of phenolic OH excluding ortho intramolecular Hbond substituents is 1. The summed E-state index contributed by atoms with van der Waals surface area (Å²) in [6.45, 7) is 7.89. The summed E-state index contributed by atoms with van der Waals surface area (Å²) in [7, 11) is 2.73. The van der Waals surface area contributed by atoms with Crippen LogP contribution in [0, 0.1) is 0 Å². The Morgan fingerprint density at radius 2 is 1.67 bits per heavy atom. The van der Waals surface area contributed by atoms with Gasteiger partial charge in [-0.2, -0.15) is 0 Å². The molecule has 1 N–H and O–H groups in total. The fourth-order valence-corrected chi connectivity index (χ4v) is 2.09. The molecule has 0 unspecified atom stereocenters. The molecular formula is C15H22BNO4. The third kappa shape index (κ3) is 2.78. The maximum absolute atomic E-state index is 12.1. The van der Waals surface area contributed by atoms with Crippen molar-refractivity contribution in [3.8, 4) is 5.75 Å². The predicted molar refractivity (Wildman–Crippen MR) is 81.8 cm³/mol. The SMILES string of the molecule is CN(C)C(=O)c1cc(B2OC(C)(C)C(C)(C)O2)ccc1O. The van der Waals surface area contributed by atoms with Crippen molar-refractivity contribution < 1.29 is 19.2 Å². The smallest absolute Gasteiger partial charge is 0.494 e. The molecule has 1 aliphatic heterocycles.